The second kappa shape index (κ2) is 9.14. The number of rotatable bonds is 6. The summed E-state index contributed by atoms with van der Waals surface area (Å²) in [4.78, 5) is 29.5. The molecule has 2 aliphatic heterocycles. The maximum atomic E-state index is 14.3. The molecule has 0 radical (unpaired) electrons. The molecule has 3 aromatic rings. The van der Waals surface area contributed by atoms with E-state index in [1.807, 2.05) is 60.4 Å². The quantitative estimate of drug-likeness (QED) is 0.515. The number of aryl methyl sites for hydroxylation is 1. The Bertz CT molecular complexity index is 1460. The van der Waals surface area contributed by atoms with Crippen molar-refractivity contribution in [1.29, 1.82) is 5.26 Å². The maximum Gasteiger partial charge on any atom is 0.241 e. The molecule has 0 saturated carbocycles. The number of anilines is 1. The first kappa shape index (κ1) is 24.1. The highest BCUT2D eigenvalue weighted by Crippen LogP contribution is 2.56. The zero-order valence-corrected chi connectivity index (χ0v) is 20.8. The van der Waals surface area contributed by atoms with Crippen LogP contribution >= 0.6 is 0 Å². The number of hydrogen-bond donors (Lipinski definition) is 1. The summed E-state index contributed by atoms with van der Waals surface area (Å²) in [5.41, 5.74) is 8.09. The average Bonchev–Trinajstić information content (AvgIpc) is 3.24. The molecule has 0 aliphatic carbocycles. The Labute approximate surface area is 215 Å². The lowest BCUT2D eigenvalue weighted by Crippen LogP contribution is -2.49. The van der Waals surface area contributed by atoms with Crippen LogP contribution in [0, 0.1) is 23.7 Å². The maximum absolute atomic E-state index is 14.3. The number of carbonyl (C=O) groups excluding carboxylic acids is 2. The highest BCUT2D eigenvalue weighted by molar-refractivity contribution is 6.06. The van der Waals surface area contributed by atoms with Crippen LogP contribution in [-0.2, 0) is 4.79 Å². The zero-order chi connectivity index (χ0) is 26.3. The molecule has 37 heavy (non-hydrogen) atoms. The topological polar surface area (TPSA) is 106 Å². The summed E-state index contributed by atoms with van der Waals surface area (Å²) < 4.78 is 10.9. The standard InChI is InChI=1S/C30H27N3O4/c1-18-8-10-20(11-9-18)28(34)27-26(21-12-14-23(36-2)24(16-21)37-3)30(17-31,29(32)35)25-15-13-19-6-4-5-7-22(19)33(25)27/h4-16,25-27H,1-3H3,(H2,32,35)/t25-,26+,27+,30+/m1/s1. The number of carbonyl (C=O) groups is 2. The molecule has 186 valence electrons. The summed E-state index contributed by atoms with van der Waals surface area (Å²) in [6, 6.07) is 20.8. The molecule has 1 fully saturated rings. The molecule has 4 atom stereocenters. The van der Waals surface area contributed by atoms with Crippen molar-refractivity contribution in [3.8, 4) is 17.6 Å². The molecular formula is C30H27N3O4. The van der Waals surface area contributed by atoms with Crippen LogP contribution in [0.2, 0.25) is 0 Å². The summed E-state index contributed by atoms with van der Waals surface area (Å²) in [5, 5.41) is 10.7. The first-order valence-corrected chi connectivity index (χ1v) is 12.0. The van der Waals surface area contributed by atoms with E-state index in [1.165, 1.54) is 14.2 Å². The van der Waals surface area contributed by atoms with Gasteiger partial charge in [-0.25, -0.2) is 0 Å². The van der Waals surface area contributed by atoms with Crippen molar-refractivity contribution < 1.29 is 19.1 Å². The second-order valence-corrected chi connectivity index (χ2v) is 9.38. The van der Waals surface area contributed by atoms with Crippen LogP contribution in [-0.4, -0.2) is 38.0 Å². The number of para-hydroxylation sites is 1. The number of Topliss-reactive ketones (excluding diaryl/α,β-unsaturated/α-hetero) is 1. The molecule has 7 heteroatoms. The third-order valence-electron chi connectivity index (χ3n) is 7.51. The van der Waals surface area contributed by atoms with Crippen LogP contribution in [0.1, 0.15) is 33.0 Å². The van der Waals surface area contributed by atoms with E-state index in [2.05, 4.69) is 6.07 Å². The van der Waals surface area contributed by atoms with Gasteiger partial charge in [-0.3, -0.25) is 9.59 Å². The summed E-state index contributed by atoms with van der Waals surface area (Å²) in [6.45, 7) is 1.95. The molecular weight excluding hydrogens is 466 g/mol. The van der Waals surface area contributed by atoms with E-state index in [-0.39, 0.29) is 5.78 Å². The van der Waals surface area contributed by atoms with Crippen molar-refractivity contribution in [1.82, 2.24) is 0 Å². The lowest BCUT2D eigenvalue weighted by Gasteiger charge is -2.36. The molecule has 2 aliphatic rings. The SMILES string of the molecule is COc1ccc([C@H]2[C@@H](C(=O)c3ccc(C)cc3)N3c4ccccc4C=C[C@@H]3[C@]2(C#N)C(N)=O)cc1OC. The first-order chi connectivity index (χ1) is 17.9. The monoisotopic (exact) mass is 493 g/mol. The summed E-state index contributed by atoms with van der Waals surface area (Å²) in [6.07, 6.45) is 3.70. The minimum absolute atomic E-state index is 0.201. The number of ether oxygens (including phenoxy) is 2. The minimum atomic E-state index is -1.73. The fourth-order valence-corrected chi connectivity index (χ4v) is 5.74. The van der Waals surface area contributed by atoms with E-state index in [0.717, 1.165) is 16.8 Å². The van der Waals surface area contributed by atoms with Crippen LogP contribution in [0.4, 0.5) is 5.69 Å². The van der Waals surface area contributed by atoms with Crippen LogP contribution < -0.4 is 20.1 Å². The lowest BCUT2D eigenvalue weighted by atomic mass is 9.67. The van der Waals surface area contributed by atoms with Crippen molar-refractivity contribution in [2.24, 2.45) is 11.1 Å². The normalized spacial score (nSPS) is 23.5. The molecule has 2 N–H and O–H groups in total. The number of benzene rings is 3. The van der Waals surface area contributed by atoms with Crippen molar-refractivity contribution >= 4 is 23.5 Å². The summed E-state index contributed by atoms with van der Waals surface area (Å²) in [5.74, 6) is -0.945. The highest BCUT2D eigenvalue weighted by atomic mass is 16.5. The molecule has 1 amide bonds. The largest absolute Gasteiger partial charge is 0.493 e. The van der Waals surface area contributed by atoms with Gasteiger partial charge in [0.25, 0.3) is 0 Å². The number of methoxy groups -OCH3 is 2. The molecule has 0 bridgehead atoms. The molecule has 2 heterocycles. The third-order valence-corrected chi connectivity index (χ3v) is 7.51. The third kappa shape index (κ3) is 3.56. The van der Waals surface area contributed by atoms with E-state index < -0.39 is 29.3 Å². The van der Waals surface area contributed by atoms with Crippen molar-refractivity contribution in [3.05, 3.63) is 95.1 Å². The predicted molar refractivity (Wildman–Crippen MR) is 141 cm³/mol. The summed E-state index contributed by atoms with van der Waals surface area (Å²) in [7, 11) is 3.04. The number of nitriles is 1. The molecule has 0 spiro atoms. The van der Waals surface area contributed by atoms with Gasteiger partial charge in [0.05, 0.1) is 26.3 Å². The smallest absolute Gasteiger partial charge is 0.241 e. The van der Waals surface area contributed by atoms with Gasteiger partial charge in [0, 0.05) is 17.2 Å². The number of ketones is 1. The van der Waals surface area contributed by atoms with Gasteiger partial charge in [-0.2, -0.15) is 5.26 Å². The van der Waals surface area contributed by atoms with E-state index in [9.17, 15) is 14.9 Å². The summed E-state index contributed by atoms with van der Waals surface area (Å²) >= 11 is 0. The molecule has 0 unspecified atom stereocenters. The van der Waals surface area contributed by atoms with E-state index in [0.29, 0.717) is 22.6 Å². The van der Waals surface area contributed by atoms with Gasteiger partial charge in [-0.1, -0.05) is 66.2 Å². The highest BCUT2D eigenvalue weighted by Gasteiger charge is 2.65. The first-order valence-electron chi connectivity index (χ1n) is 12.0. The number of amides is 1. The van der Waals surface area contributed by atoms with E-state index in [1.54, 1.807) is 30.3 Å². The van der Waals surface area contributed by atoms with E-state index in [4.69, 9.17) is 15.2 Å². The van der Waals surface area contributed by atoms with Gasteiger partial charge in [0.15, 0.2) is 22.7 Å². The Hall–Kier alpha value is -4.57. The van der Waals surface area contributed by atoms with Gasteiger partial charge in [-0.05, 0) is 36.2 Å². The number of nitrogens with zero attached hydrogens (tertiary/aromatic N) is 2. The minimum Gasteiger partial charge on any atom is -0.493 e. The molecule has 7 nitrogen and oxygen atoms in total. The van der Waals surface area contributed by atoms with Crippen LogP contribution in [0.25, 0.3) is 6.08 Å². The van der Waals surface area contributed by atoms with Crippen LogP contribution in [0.3, 0.4) is 0 Å². The molecule has 3 aromatic carbocycles. The Morgan fingerprint density at radius 3 is 2.35 bits per heavy atom. The predicted octanol–water partition coefficient (Wildman–Crippen LogP) is 4.26. The Kier molecular flexibility index (Phi) is 5.96. The molecule has 0 aromatic heterocycles. The van der Waals surface area contributed by atoms with Gasteiger partial charge < -0.3 is 20.1 Å². The molecule has 5 rings (SSSR count). The molecule has 1 saturated heterocycles. The Morgan fingerprint density at radius 1 is 1.00 bits per heavy atom. The number of fused-ring (bicyclic) bond motifs is 3. The van der Waals surface area contributed by atoms with Gasteiger partial charge >= 0.3 is 0 Å². The Morgan fingerprint density at radius 2 is 1.70 bits per heavy atom. The van der Waals surface area contributed by atoms with Crippen molar-refractivity contribution in [2.45, 2.75) is 24.9 Å². The van der Waals surface area contributed by atoms with E-state index >= 15 is 0 Å². The van der Waals surface area contributed by atoms with Gasteiger partial charge in [0.2, 0.25) is 5.91 Å². The average molecular weight is 494 g/mol. The Balaban J connectivity index is 1.81. The van der Waals surface area contributed by atoms with Crippen molar-refractivity contribution in [2.75, 3.05) is 19.1 Å². The van der Waals surface area contributed by atoms with Crippen molar-refractivity contribution in [3.63, 3.8) is 0 Å². The second-order valence-electron chi connectivity index (χ2n) is 9.38. The fraction of sp³-hybridized carbons (Fsp3) is 0.233. The fourth-order valence-electron chi connectivity index (χ4n) is 5.74. The zero-order valence-electron chi connectivity index (χ0n) is 20.8. The van der Waals surface area contributed by atoms with Crippen LogP contribution in [0.5, 0.6) is 11.5 Å². The van der Waals surface area contributed by atoms with Gasteiger partial charge in [-0.15, -0.1) is 0 Å². The number of nitrogens with two attached hydrogens (primary N) is 1. The lowest BCUT2D eigenvalue weighted by molar-refractivity contribution is -0.125. The van der Waals surface area contributed by atoms with Crippen LogP contribution in [0.15, 0.2) is 72.8 Å². The number of hydrogen-bond acceptors (Lipinski definition) is 6. The number of primary amides is 1. The van der Waals surface area contributed by atoms with Gasteiger partial charge in [0.1, 0.15) is 6.04 Å².